The lowest BCUT2D eigenvalue weighted by Gasteiger charge is -2.45. The molecule has 1 aromatic heterocycles. The molecule has 0 aliphatic carbocycles. The summed E-state index contributed by atoms with van der Waals surface area (Å²) in [6, 6.07) is 133. The van der Waals surface area contributed by atoms with Crippen molar-refractivity contribution in [3.05, 3.63) is 369 Å². The molecule has 3 heterocycles. The first-order valence-electron chi connectivity index (χ1n) is 35.7. The summed E-state index contributed by atoms with van der Waals surface area (Å²) in [5, 5.41) is 13.0. The number of rotatable bonds is 14. The molecule has 101 heavy (non-hydrogen) atoms. The number of hydrogen-bond donors (Lipinski definition) is 0. The molecule has 3 nitrogen and oxygen atoms in total. The first-order chi connectivity index (χ1) is 50.1. The molecule has 0 fully saturated rings. The fourth-order valence-corrected chi connectivity index (χ4v) is 17.7. The lowest BCUT2D eigenvalue weighted by Crippen LogP contribution is -2.62. The molecule has 0 radical (unpaired) electrons. The molecule has 2 aliphatic heterocycles. The van der Waals surface area contributed by atoms with Gasteiger partial charge in [0, 0.05) is 64.2 Å². The van der Waals surface area contributed by atoms with Crippen molar-refractivity contribution in [3.8, 4) is 66.8 Å². The summed E-state index contributed by atoms with van der Waals surface area (Å²) >= 11 is 0. The van der Waals surface area contributed by atoms with E-state index in [4.69, 9.17) is 0 Å². The van der Waals surface area contributed by atoms with Gasteiger partial charge in [-0.05, 0) is 192 Å². The first-order valence-corrected chi connectivity index (χ1v) is 35.7. The topological polar surface area (TPSA) is 11.4 Å². The summed E-state index contributed by atoms with van der Waals surface area (Å²) in [6.07, 6.45) is 1.58. The molecule has 0 bridgehead atoms. The van der Waals surface area contributed by atoms with Crippen molar-refractivity contribution >= 4 is 111 Å². The SMILES string of the molecule is c1ccc(-c2ccc3c(c2)B2c4cc(-c5ccc6c7cccc8cccc(c9cccc5c96)c87)ccc4N(CCc4c(-c5ccccc5)cccc4-c4ccccc4)c4cc(Cn5c6ccccc6c6ccccc65)cc(c42)N3CCc2c(-c3ccccc3)cccc2-c2ccccc2)cc1. The molecule has 0 spiro atoms. The second-order valence-electron chi connectivity index (χ2n) is 27.5. The van der Waals surface area contributed by atoms with Crippen molar-refractivity contribution < 1.29 is 0 Å². The molecule has 18 aromatic rings. The minimum Gasteiger partial charge on any atom is -0.342 e. The maximum absolute atomic E-state index is 2.75. The quantitative estimate of drug-likeness (QED) is 0.0611. The van der Waals surface area contributed by atoms with Gasteiger partial charge < -0.3 is 14.4 Å². The van der Waals surface area contributed by atoms with Crippen molar-refractivity contribution in [1.82, 2.24) is 4.57 Å². The fraction of sp³-hybridized carbons (Fsp3) is 0.0515. The molecule has 0 unspecified atom stereocenters. The van der Waals surface area contributed by atoms with E-state index in [9.17, 15) is 0 Å². The zero-order valence-electron chi connectivity index (χ0n) is 55.9. The van der Waals surface area contributed by atoms with Crippen molar-refractivity contribution in [3.63, 3.8) is 0 Å². The Balaban J connectivity index is 0.850. The monoisotopic (exact) mass is 1290 g/mol. The number of benzene rings is 17. The van der Waals surface area contributed by atoms with Crippen LogP contribution in [-0.4, -0.2) is 24.4 Å². The largest absolute Gasteiger partial charge is 0.342 e. The number of fused-ring (bicyclic) bond motifs is 9. The van der Waals surface area contributed by atoms with Crippen molar-refractivity contribution in [2.75, 3.05) is 22.9 Å². The van der Waals surface area contributed by atoms with Crippen molar-refractivity contribution in [2.45, 2.75) is 19.4 Å². The predicted octanol–water partition coefficient (Wildman–Crippen LogP) is 22.8. The van der Waals surface area contributed by atoms with E-state index in [0.717, 1.165) is 25.9 Å². The number of anilines is 4. The van der Waals surface area contributed by atoms with Gasteiger partial charge in [-0.1, -0.05) is 315 Å². The van der Waals surface area contributed by atoms with E-state index in [1.54, 1.807) is 0 Å². The van der Waals surface area contributed by atoms with Crippen LogP contribution in [0.4, 0.5) is 22.7 Å². The Bertz CT molecular complexity index is 6000. The lowest BCUT2D eigenvalue weighted by atomic mass is 9.33. The molecule has 2 aliphatic rings. The van der Waals surface area contributed by atoms with E-state index in [2.05, 4.69) is 366 Å². The first kappa shape index (κ1) is 58.6. The molecule has 20 rings (SSSR count). The molecule has 474 valence electrons. The van der Waals surface area contributed by atoms with E-state index in [1.807, 2.05) is 0 Å². The Morgan fingerprint density at radius 2 is 0.634 bits per heavy atom. The summed E-state index contributed by atoms with van der Waals surface area (Å²) in [7, 11) is 0. The van der Waals surface area contributed by atoms with Crippen molar-refractivity contribution in [1.29, 1.82) is 0 Å². The maximum Gasteiger partial charge on any atom is 0.252 e. The summed E-state index contributed by atoms with van der Waals surface area (Å²) < 4.78 is 2.57. The molecule has 4 heteroatoms. The highest BCUT2D eigenvalue weighted by atomic mass is 15.2. The Labute approximate surface area is 589 Å². The molecule has 0 amide bonds. The second-order valence-corrected chi connectivity index (χ2v) is 27.5. The molecular formula is C97H68BN3. The Hall–Kier alpha value is -12.5. The molecule has 0 N–H and O–H groups in total. The highest BCUT2D eigenvalue weighted by Crippen LogP contribution is 2.47. The van der Waals surface area contributed by atoms with E-state index >= 15 is 0 Å². The molecule has 17 aromatic carbocycles. The molecular weight excluding hydrogens is 1220 g/mol. The standard InChI is InChI=1S/C97H68BN3/c1-6-25-65(26-7-1)71-49-53-91-87(61-71)98-88-62-72(77-51-52-86-84-44-21-36-70-35-20-43-83(95(70)84)85-46-24-45-82(77)96(85)86)50-54-92(88)100(58-56-79-75(68-31-12-4-13-32-68)41-23-42-76(79)69-33-14-5-15-34-69)94-60-64(63-101-89-47-18-16-37-80(89)81-38-17-19-48-90(81)101)59-93(97(94)98)99(91)57-55-78-73(66-27-8-2-9-28-66)39-22-40-74(78)67-29-10-3-11-30-67/h1-54,59-62H,55-58,63H2. The van der Waals surface area contributed by atoms with Crippen LogP contribution in [0.25, 0.3) is 132 Å². The summed E-state index contributed by atoms with van der Waals surface area (Å²) in [5.74, 6) is 0. The van der Waals surface area contributed by atoms with E-state index in [1.165, 1.54) is 187 Å². The Morgan fingerprint density at radius 1 is 0.248 bits per heavy atom. The third kappa shape index (κ3) is 9.72. The molecule has 0 atom stereocenters. The van der Waals surface area contributed by atoms with Gasteiger partial charge in [-0.25, -0.2) is 0 Å². The van der Waals surface area contributed by atoms with Gasteiger partial charge in [0.1, 0.15) is 0 Å². The van der Waals surface area contributed by atoms with Crippen LogP contribution in [0, 0.1) is 0 Å². The normalized spacial score (nSPS) is 12.5. The average Bonchev–Trinajstić information content (AvgIpc) is 1.48. The maximum atomic E-state index is 2.75. The highest BCUT2D eigenvalue weighted by molar-refractivity contribution is 7.00. The van der Waals surface area contributed by atoms with Crippen molar-refractivity contribution in [2.24, 2.45) is 0 Å². The van der Waals surface area contributed by atoms with Crippen LogP contribution in [0.1, 0.15) is 16.7 Å². The van der Waals surface area contributed by atoms with Gasteiger partial charge in [0.05, 0.1) is 0 Å². The zero-order valence-corrected chi connectivity index (χ0v) is 55.9. The van der Waals surface area contributed by atoms with E-state index in [0.29, 0.717) is 6.54 Å². The van der Waals surface area contributed by atoms with Crippen LogP contribution in [-0.2, 0) is 19.4 Å². The smallest absolute Gasteiger partial charge is 0.252 e. The van der Waals surface area contributed by atoms with Crippen LogP contribution in [0.15, 0.2) is 352 Å². The minimum absolute atomic E-state index is 0.138. The average molecular weight is 1290 g/mol. The van der Waals surface area contributed by atoms with Crippen LogP contribution in [0.2, 0.25) is 0 Å². The van der Waals surface area contributed by atoms with Gasteiger partial charge in [0.25, 0.3) is 6.71 Å². The van der Waals surface area contributed by atoms with E-state index < -0.39 is 0 Å². The van der Waals surface area contributed by atoms with Gasteiger partial charge in [-0.15, -0.1) is 0 Å². The van der Waals surface area contributed by atoms with Crippen LogP contribution < -0.4 is 26.2 Å². The van der Waals surface area contributed by atoms with Crippen LogP contribution >= 0.6 is 0 Å². The summed E-state index contributed by atoms with van der Waals surface area (Å²) in [5.41, 5.74) is 30.2. The Morgan fingerprint density at radius 3 is 1.13 bits per heavy atom. The van der Waals surface area contributed by atoms with Gasteiger partial charge in [0.15, 0.2) is 0 Å². The van der Waals surface area contributed by atoms with Crippen LogP contribution in [0.3, 0.4) is 0 Å². The van der Waals surface area contributed by atoms with Gasteiger partial charge in [-0.3, -0.25) is 0 Å². The van der Waals surface area contributed by atoms with E-state index in [-0.39, 0.29) is 6.71 Å². The summed E-state index contributed by atoms with van der Waals surface area (Å²) in [6.45, 7) is 2.00. The third-order valence-electron chi connectivity index (χ3n) is 22.2. The number of hydrogen-bond acceptors (Lipinski definition) is 2. The van der Waals surface area contributed by atoms with Gasteiger partial charge >= 0.3 is 0 Å². The lowest BCUT2D eigenvalue weighted by molar-refractivity contribution is 0.860. The zero-order chi connectivity index (χ0) is 66.5. The van der Waals surface area contributed by atoms with Gasteiger partial charge in [0.2, 0.25) is 0 Å². The second kappa shape index (κ2) is 24.2. The number of nitrogens with zero attached hydrogens (tertiary/aromatic N) is 3. The fourth-order valence-electron chi connectivity index (χ4n) is 17.7. The molecule has 0 saturated carbocycles. The number of aromatic nitrogens is 1. The predicted molar refractivity (Wildman–Crippen MR) is 431 cm³/mol. The third-order valence-corrected chi connectivity index (χ3v) is 22.2. The summed E-state index contributed by atoms with van der Waals surface area (Å²) in [4.78, 5) is 5.49. The molecule has 0 saturated heterocycles. The van der Waals surface area contributed by atoms with Gasteiger partial charge in [-0.2, -0.15) is 0 Å². The Kier molecular flexibility index (Phi) is 14.0. The highest BCUT2D eigenvalue weighted by Gasteiger charge is 2.43. The number of para-hydroxylation sites is 2. The minimum atomic E-state index is -0.138. The van der Waals surface area contributed by atoms with Crippen LogP contribution in [0.5, 0.6) is 0 Å².